The van der Waals surface area contributed by atoms with Crippen molar-refractivity contribution in [1.29, 1.82) is 0 Å². The minimum absolute atomic E-state index is 0.000182. The van der Waals surface area contributed by atoms with Crippen LogP contribution in [0.15, 0.2) is 54.7 Å². The molecule has 0 aliphatic carbocycles. The molecule has 0 atom stereocenters. The number of carbonyl (C=O) groups excluding carboxylic acids is 1. The highest BCUT2D eigenvalue weighted by molar-refractivity contribution is 6.09. The number of methoxy groups -OCH3 is 2. The quantitative estimate of drug-likeness (QED) is 0.389. The number of phenolic OH excluding ortho intramolecular Hbond substituents is 1. The average molecular weight is 365 g/mol. The summed E-state index contributed by atoms with van der Waals surface area (Å²) in [5, 5.41) is 11.4. The second-order valence-electron chi connectivity index (χ2n) is 5.70. The minimum Gasteiger partial charge on any atom is -0.504 e. The first-order valence-corrected chi connectivity index (χ1v) is 8.23. The van der Waals surface area contributed by atoms with E-state index in [0.717, 1.165) is 16.5 Å². The van der Waals surface area contributed by atoms with Crippen LogP contribution in [-0.4, -0.2) is 36.9 Å². The molecule has 27 heavy (non-hydrogen) atoms. The maximum absolute atomic E-state index is 12.5. The van der Waals surface area contributed by atoms with Crippen molar-refractivity contribution >= 4 is 22.8 Å². The van der Waals surface area contributed by atoms with Crippen LogP contribution in [0, 0.1) is 0 Å². The smallest absolute Gasteiger partial charge is 0.203 e. The molecule has 0 aliphatic heterocycles. The molecule has 3 rings (SSSR count). The van der Waals surface area contributed by atoms with Gasteiger partial charge >= 0.3 is 0 Å². The summed E-state index contributed by atoms with van der Waals surface area (Å²) in [6.07, 6.45) is 4.83. The number of benzene rings is 2. The standard InChI is InChI=1S/C21H19NO5/c1-25-13-27-19-10-7-16(20(24)21(19)26-2)18(23)9-6-14-5-8-17-15(12-14)4-3-11-22-17/h3-12,24H,13H2,1-2H3/b9-6+. The van der Waals surface area contributed by atoms with E-state index in [1.165, 1.54) is 26.4 Å². The van der Waals surface area contributed by atoms with Gasteiger partial charge in [-0.05, 0) is 42.0 Å². The number of fused-ring (bicyclic) bond motifs is 1. The highest BCUT2D eigenvalue weighted by Gasteiger charge is 2.18. The third-order valence-corrected chi connectivity index (χ3v) is 3.95. The lowest BCUT2D eigenvalue weighted by Crippen LogP contribution is -2.03. The van der Waals surface area contributed by atoms with Gasteiger partial charge in [0.15, 0.2) is 24.1 Å². The molecule has 6 nitrogen and oxygen atoms in total. The summed E-state index contributed by atoms with van der Waals surface area (Å²) in [5.41, 5.74) is 1.86. The number of hydrogen-bond donors (Lipinski definition) is 1. The molecule has 0 amide bonds. The van der Waals surface area contributed by atoms with Crippen LogP contribution in [0.5, 0.6) is 17.2 Å². The fourth-order valence-electron chi connectivity index (χ4n) is 2.64. The number of aromatic nitrogens is 1. The summed E-state index contributed by atoms with van der Waals surface area (Å²) in [4.78, 5) is 16.8. The zero-order valence-corrected chi connectivity index (χ0v) is 15.0. The van der Waals surface area contributed by atoms with Gasteiger partial charge in [-0.1, -0.05) is 18.2 Å². The molecule has 0 spiro atoms. The maximum atomic E-state index is 12.5. The lowest BCUT2D eigenvalue weighted by molar-refractivity contribution is 0.0489. The Morgan fingerprint density at radius 2 is 2.04 bits per heavy atom. The largest absolute Gasteiger partial charge is 0.504 e. The number of pyridine rings is 1. The summed E-state index contributed by atoms with van der Waals surface area (Å²) in [5.74, 6) is -0.249. The van der Waals surface area contributed by atoms with Gasteiger partial charge in [-0.25, -0.2) is 0 Å². The van der Waals surface area contributed by atoms with E-state index in [-0.39, 0.29) is 29.6 Å². The van der Waals surface area contributed by atoms with Gasteiger partial charge in [0.2, 0.25) is 5.75 Å². The van der Waals surface area contributed by atoms with E-state index in [4.69, 9.17) is 14.2 Å². The van der Waals surface area contributed by atoms with E-state index in [9.17, 15) is 9.90 Å². The Bertz CT molecular complexity index is 997. The highest BCUT2D eigenvalue weighted by atomic mass is 16.7. The van der Waals surface area contributed by atoms with Crippen molar-refractivity contribution < 1.29 is 24.1 Å². The number of aromatic hydroxyl groups is 1. The third kappa shape index (κ3) is 4.07. The average Bonchev–Trinajstić information content (AvgIpc) is 2.70. The van der Waals surface area contributed by atoms with E-state index in [0.29, 0.717) is 5.75 Å². The molecular formula is C21H19NO5. The second kappa shape index (κ2) is 8.33. The molecule has 1 aromatic heterocycles. The van der Waals surface area contributed by atoms with Gasteiger partial charge in [0.05, 0.1) is 18.2 Å². The molecule has 3 aromatic rings. The first kappa shape index (κ1) is 18.4. The Labute approximate surface area is 156 Å². The molecule has 6 heteroatoms. The van der Waals surface area contributed by atoms with Gasteiger partial charge < -0.3 is 19.3 Å². The number of phenols is 1. The molecule has 1 N–H and O–H groups in total. The lowest BCUT2D eigenvalue weighted by atomic mass is 10.1. The topological polar surface area (TPSA) is 77.9 Å². The van der Waals surface area contributed by atoms with Crippen molar-refractivity contribution in [2.24, 2.45) is 0 Å². The van der Waals surface area contributed by atoms with Crippen molar-refractivity contribution in [3.8, 4) is 17.2 Å². The van der Waals surface area contributed by atoms with Crippen molar-refractivity contribution in [2.75, 3.05) is 21.0 Å². The van der Waals surface area contributed by atoms with Gasteiger partial charge in [0.1, 0.15) is 0 Å². The highest BCUT2D eigenvalue weighted by Crippen LogP contribution is 2.39. The Hall–Kier alpha value is -3.38. The van der Waals surface area contributed by atoms with Crippen LogP contribution >= 0.6 is 0 Å². The van der Waals surface area contributed by atoms with E-state index in [1.54, 1.807) is 18.3 Å². The SMILES string of the molecule is COCOc1ccc(C(=O)/C=C/c2ccc3ncccc3c2)c(O)c1OC. The van der Waals surface area contributed by atoms with Crippen LogP contribution in [0.2, 0.25) is 0 Å². The molecule has 0 saturated heterocycles. The molecule has 0 bridgehead atoms. The number of ketones is 1. The first-order valence-electron chi connectivity index (χ1n) is 8.23. The van der Waals surface area contributed by atoms with Crippen molar-refractivity contribution in [1.82, 2.24) is 4.98 Å². The zero-order chi connectivity index (χ0) is 19.2. The first-order chi connectivity index (χ1) is 13.1. The zero-order valence-electron chi connectivity index (χ0n) is 15.0. The Morgan fingerprint density at radius 1 is 1.19 bits per heavy atom. The van der Waals surface area contributed by atoms with Crippen molar-refractivity contribution in [3.05, 3.63) is 65.9 Å². The molecule has 1 heterocycles. The predicted molar refractivity (Wildman–Crippen MR) is 102 cm³/mol. The fourth-order valence-corrected chi connectivity index (χ4v) is 2.64. The molecule has 0 aliphatic rings. The molecule has 0 radical (unpaired) electrons. The summed E-state index contributed by atoms with van der Waals surface area (Å²) in [7, 11) is 2.87. The number of hydrogen-bond acceptors (Lipinski definition) is 6. The summed E-state index contributed by atoms with van der Waals surface area (Å²) < 4.78 is 15.3. The molecule has 138 valence electrons. The predicted octanol–water partition coefficient (Wildman–Crippen LogP) is 3.83. The monoisotopic (exact) mass is 365 g/mol. The molecule has 0 unspecified atom stereocenters. The van der Waals surface area contributed by atoms with Crippen LogP contribution in [0.4, 0.5) is 0 Å². The van der Waals surface area contributed by atoms with Crippen LogP contribution in [0.25, 0.3) is 17.0 Å². The van der Waals surface area contributed by atoms with Gasteiger partial charge in [0.25, 0.3) is 0 Å². The summed E-state index contributed by atoms with van der Waals surface area (Å²) in [6, 6.07) is 12.6. The van der Waals surface area contributed by atoms with Crippen molar-refractivity contribution in [3.63, 3.8) is 0 Å². The lowest BCUT2D eigenvalue weighted by Gasteiger charge is -2.13. The fraction of sp³-hybridized carbons (Fsp3) is 0.143. The molecular weight excluding hydrogens is 346 g/mol. The minimum atomic E-state index is -0.352. The Balaban J connectivity index is 1.85. The van der Waals surface area contributed by atoms with E-state index in [2.05, 4.69) is 4.98 Å². The van der Waals surface area contributed by atoms with Crippen LogP contribution in [0.3, 0.4) is 0 Å². The number of carbonyl (C=O) groups is 1. The van der Waals surface area contributed by atoms with Gasteiger partial charge in [0, 0.05) is 18.7 Å². The van der Waals surface area contributed by atoms with E-state index >= 15 is 0 Å². The van der Waals surface area contributed by atoms with Crippen LogP contribution in [-0.2, 0) is 4.74 Å². The van der Waals surface area contributed by atoms with E-state index < -0.39 is 0 Å². The number of rotatable bonds is 7. The molecule has 0 fully saturated rings. The normalized spacial score (nSPS) is 11.0. The van der Waals surface area contributed by atoms with Crippen LogP contribution in [0.1, 0.15) is 15.9 Å². The number of nitrogens with zero attached hydrogens (tertiary/aromatic N) is 1. The van der Waals surface area contributed by atoms with Crippen LogP contribution < -0.4 is 9.47 Å². The number of ether oxygens (including phenoxy) is 3. The second-order valence-corrected chi connectivity index (χ2v) is 5.70. The van der Waals surface area contributed by atoms with Gasteiger partial charge in [-0.15, -0.1) is 0 Å². The molecule has 0 saturated carbocycles. The van der Waals surface area contributed by atoms with Crippen molar-refractivity contribution in [2.45, 2.75) is 0 Å². The maximum Gasteiger partial charge on any atom is 0.203 e. The Kier molecular flexibility index (Phi) is 5.68. The third-order valence-electron chi connectivity index (χ3n) is 3.95. The van der Waals surface area contributed by atoms with Gasteiger partial charge in [-0.3, -0.25) is 9.78 Å². The van der Waals surface area contributed by atoms with E-state index in [1.807, 2.05) is 30.3 Å². The molecule has 2 aromatic carbocycles. The Morgan fingerprint density at radius 3 is 2.81 bits per heavy atom. The summed E-state index contributed by atoms with van der Waals surface area (Å²) >= 11 is 0. The number of allylic oxidation sites excluding steroid dienone is 1. The summed E-state index contributed by atoms with van der Waals surface area (Å²) in [6.45, 7) is -0.000182. The van der Waals surface area contributed by atoms with Gasteiger partial charge in [-0.2, -0.15) is 0 Å².